The molecule has 0 fully saturated rings. The molecule has 19 heavy (non-hydrogen) atoms. The van der Waals surface area contributed by atoms with Crippen molar-refractivity contribution in [1.82, 2.24) is 9.78 Å². The van der Waals surface area contributed by atoms with Gasteiger partial charge in [-0.25, -0.2) is 4.39 Å². The standard InChI is InChI=1S/C15H18BrFN2/c1-3-19-13(8-11(2)18-19)9-12(10-16)14-6-4-5-7-15(14)17/h4-8,12H,3,9-10H2,1-2H3. The van der Waals surface area contributed by atoms with Crippen LogP contribution in [0.3, 0.4) is 0 Å². The van der Waals surface area contributed by atoms with Gasteiger partial charge >= 0.3 is 0 Å². The predicted molar refractivity (Wildman–Crippen MR) is 79.3 cm³/mol. The minimum absolute atomic E-state index is 0.127. The Morgan fingerprint density at radius 1 is 1.37 bits per heavy atom. The van der Waals surface area contributed by atoms with Crippen molar-refractivity contribution in [3.8, 4) is 0 Å². The molecule has 0 aliphatic heterocycles. The molecular weight excluding hydrogens is 307 g/mol. The Labute approximate surface area is 121 Å². The van der Waals surface area contributed by atoms with Gasteiger partial charge in [0.1, 0.15) is 5.82 Å². The number of rotatable bonds is 5. The molecule has 1 heterocycles. The molecule has 1 aromatic heterocycles. The smallest absolute Gasteiger partial charge is 0.126 e. The molecule has 0 saturated carbocycles. The number of halogens is 2. The molecule has 0 radical (unpaired) electrons. The van der Waals surface area contributed by atoms with Gasteiger partial charge in [-0.1, -0.05) is 34.1 Å². The number of hydrogen-bond donors (Lipinski definition) is 0. The van der Waals surface area contributed by atoms with Gasteiger partial charge in [0, 0.05) is 23.5 Å². The van der Waals surface area contributed by atoms with Gasteiger partial charge in [0.15, 0.2) is 0 Å². The average molecular weight is 325 g/mol. The number of alkyl halides is 1. The van der Waals surface area contributed by atoms with Crippen LogP contribution >= 0.6 is 15.9 Å². The van der Waals surface area contributed by atoms with Crippen LogP contribution in [-0.4, -0.2) is 15.1 Å². The maximum absolute atomic E-state index is 13.9. The molecule has 0 aliphatic rings. The van der Waals surface area contributed by atoms with E-state index in [1.165, 1.54) is 6.07 Å². The molecule has 0 spiro atoms. The third-order valence-corrected chi connectivity index (χ3v) is 4.05. The lowest BCUT2D eigenvalue weighted by atomic mass is 9.95. The van der Waals surface area contributed by atoms with Gasteiger partial charge in [0.25, 0.3) is 0 Å². The topological polar surface area (TPSA) is 17.8 Å². The van der Waals surface area contributed by atoms with Crippen molar-refractivity contribution in [2.75, 3.05) is 5.33 Å². The third kappa shape index (κ3) is 3.24. The first-order valence-corrected chi connectivity index (χ1v) is 7.61. The first kappa shape index (κ1) is 14.3. The molecule has 0 bridgehead atoms. The van der Waals surface area contributed by atoms with Gasteiger partial charge in [-0.2, -0.15) is 5.10 Å². The van der Waals surface area contributed by atoms with Crippen molar-refractivity contribution in [2.24, 2.45) is 0 Å². The van der Waals surface area contributed by atoms with Crippen LogP contribution in [-0.2, 0) is 13.0 Å². The first-order valence-electron chi connectivity index (χ1n) is 6.49. The summed E-state index contributed by atoms with van der Waals surface area (Å²) >= 11 is 3.50. The molecule has 0 amide bonds. The summed E-state index contributed by atoms with van der Waals surface area (Å²) in [5, 5.41) is 5.18. The molecule has 1 unspecified atom stereocenters. The minimum atomic E-state index is -0.133. The van der Waals surface area contributed by atoms with E-state index >= 15 is 0 Å². The van der Waals surface area contributed by atoms with Crippen molar-refractivity contribution in [1.29, 1.82) is 0 Å². The molecule has 2 rings (SSSR count). The Morgan fingerprint density at radius 3 is 2.74 bits per heavy atom. The molecule has 102 valence electrons. The van der Waals surface area contributed by atoms with Gasteiger partial charge in [0.2, 0.25) is 0 Å². The maximum atomic E-state index is 13.9. The van der Waals surface area contributed by atoms with E-state index in [1.54, 1.807) is 6.07 Å². The second kappa shape index (κ2) is 6.33. The number of aryl methyl sites for hydroxylation is 2. The Bertz CT molecular complexity index is 551. The van der Waals surface area contributed by atoms with E-state index in [1.807, 2.05) is 23.7 Å². The molecule has 2 nitrogen and oxygen atoms in total. The summed E-state index contributed by atoms with van der Waals surface area (Å²) in [6.45, 7) is 4.90. The van der Waals surface area contributed by atoms with Gasteiger partial charge in [-0.15, -0.1) is 0 Å². The highest BCUT2D eigenvalue weighted by atomic mass is 79.9. The Balaban J connectivity index is 2.26. The second-order valence-corrected chi connectivity index (χ2v) is 5.32. The SMILES string of the molecule is CCn1nc(C)cc1CC(CBr)c1ccccc1F. The molecule has 0 saturated heterocycles. The van der Waals surface area contributed by atoms with Crippen molar-refractivity contribution in [2.45, 2.75) is 32.7 Å². The molecule has 1 aromatic carbocycles. The second-order valence-electron chi connectivity index (χ2n) is 4.67. The lowest BCUT2D eigenvalue weighted by Gasteiger charge is -2.16. The van der Waals surface area contributed by atoms with E-state index < -0.39 is 0 Å². The normalized spacial score (nSPS) is 12.6. The fourth-order valence-corrected chi connectivity index (χ4v) is 2.92. The summed E-state index contributed by atoms with van der Waals surface area (Å²) in [7, 11) is 0. The Kier molecular flexibility index (Phi) is 4.75. The van der Waals surface area contributed by atoms with E-state index in [-0.39, 0.29) is 11.7 Å². The highest BCUT2D eigenvalue weighted by Crippen LogP contribution is 2.25. The maximum Gasteiger partial charge on any atom is 0.126 e. The summed E-state index contributed by atoms with van der Waals surface area (Å²) < 4.78 is 15.9. The largest absolute Gasteiger partial charge is 0.270 e. The van der Waals surface area contributed by atoms with Crippen LogP contribution in [0.5, 0.6) is 0 Å². The monoisotopic (exact) mass is 324 g/mol. The fourth-order valence-electron chi connectivity index (χ4n) is 2.34. The minimum Gasteiger partial charge on any atom is -0.270 e. The van der Waals surface area contributed by atoms with Crippen LogP contribution in [0.2, 0.25) is 0 Å². The van der Waals surface area contributed by atoms with Crippen LogP contribution in [0.1, 0.15) is 29.8 Å². The Morgan fingerprint density at radius 2 is 2.11 bits per heavy atom. The number of benzene rings is 1. The van der Waals surface area contributed by atoms with Gasteiger partial charge < -0.3 is 0 Å². The van der Waals surface area contributed by atoms with Crippen molar-refractivity contribution < 1.29 is 4.39 Å². The molecule has 0 N–H and O–H groups in total. The molecule has 0 aliphatic carbocycles. The highest BCUT2D eigenvalue weighted by molar-refractivity contribution is 9.09. The van der Waals surface area contributed by atoms with E-state index in [0.29, 0.717) is 0 Å². The zero-order chi connectivity index (χ0) is 13.8. The number of hydrogen-bond acceptors (Lipinski definition) is 1. The van der Waals surface area contributed by atoms with E-state index in [2.05, 4.69) is 34.0 Å². The van der Waals surface area contributed by atoms with Crippen LogP contribution < -0.4 is 0 Å². The number of nitrogens with zero attached hydrogens (tertiary/aromatic N) is 2. The lowest BCUT2D eigenvalue weighted by Crippen LogP contribution is -2.11. The predicted octanol–water partition coefficient (Wildman–Crippen LogP) is 4.07. The number of aromatic nitrogens is 2. The summed E-state index contributed by atoms with van der Waals surface area (Å²) in [6.07, 6.45) is 0.793. The van der Waals surface area contributed by atoms with Crippen LogP contribution in [0, 0.1) is 12.7 Å². The van der Waals surface area contributed by atoms with Crippen molar-refractivity contribution in [3.05, 3.63) is 53.1 Å². The van der Waals surface area contributed by atoms with E-state index in [9.17, 15) is 4.39 Å². The zero-order valence-corrected chi connectivity index (χ0v) is 12.8. The van der Waals surface area contributed by atoms with E-state index in [4.69, 9.17) is 0 Å². The highest BCUT2D eigenvalue weighted by Gasteiger charge is 2.17. The lowest BCUT2D eigenvalue weighted by molar-refractivity contribution is 0.567. The zero-order valence-electron chi connectivity index (χ0n) is 11.2. The van der Waals surface area contributed by atoms with Gasteiger partial charge in [-0.3, -0.25) is 4.68 Å². The average Bonchev–Trinajstić information content (AvgIpc) is 2.77. The molecule has 2 aromatic rings. The molecule has 4 heteroatoms. The van der Waals surface area contributed by atoms with Crippen molar-refractivity contribution in [3.63, 3.8) is 0 Å². The molecule has 1 atom stereocenters. The first-order chi connectivity index (χ1) is 9.15. The van der Waals surface area contributed by atoms with Crippen LogP contribution in [0.4, 0.5) is 4.39 Å². The quantitative estimate of drug-likeness (QED) is 0.758. The summed E-state index contributed by atoms with van der Waals surface area (Å²) in [4.78, 5) is 0. The summed E-state index contributed by atoms with van der Waals surface area (Å²) in [6, 6.07) is 9.08. The van der Waals surface area contributed by atoms with Gasteiger partial charge in [-0.05, 0) is 38.0 Å². The van der Waals surface area contributed by atoms with Crippen LogP contribution in [0.15, 0.2) is 30.3 Å². The van der Waals surface area contributed by atoms with Crippen molar-refractivity contribution >= 4 is 15.9 Å². The fraction of sp³-hybridized carbons (Fsp3) is 0.400. The third-order valence-electron chi connectivity index (χ3n) is 3.27. The van der Waals surface area contributed by atoms with E-state index in [0.717, 1.165) is 35.2 Å². The Hall–Kier alpha value is -1.16. The molecular formula is C15H18BrFN2. The summed E-state index contributed by atoms with van der Waals surface area (Å²) in [5.41, 5.74) is 2.94. The van der Waals surface area contributed by atoms with Crippen LogP contribution in [0.25, 0.3) is 0 Å². The summed E-state index contributed by atoms with van der Waals surface area (Å²) in [5.74, 6) is -0.00571. The van der Waals surface area contributed by atoms with Gasteiger partial charge in [0.05, 0.1) is 5.69 Å².